The molecule has 3 heterocycles. The van der Waals surface area contributed by atoms with Crippen LogP contribution in [0.25, 0.3) is 10.9 Å². The summed E-state index contributed by atoms with van der Waals surface area (Å²) in [4.78, 5) is 0. The van der Waals surface area contributed by atoms with Gasteiger partial charge in [-0.3, -0.25) is 0 Å². The Bertz CT molecular complexity index is 765. The highest BCUT2D eigenvalue weighted by atomic mass is 79.9. The van der Waals surface area contributed by atoms with E-state index >= 15 is 0 Å². The number of fused-ring (bicyclic) bond motifs is 7. The van der Waals surface area contributed by atoms with Crippen molar-refractivity contribution >= 4 is 26.8 Å². The molecule has 2 unspecified atom stereocenters. The molecule has 104 valence electrons. The van der Waals surface area contributed by atoms with Crippen LogP contribution >= 0.6 is 15.9 Å². The second-order valence-corrected chi connectivity index (χ2v) is 7.75. The van der Waals surface area contributed by atoms with Crippen molar-refractivity contribution in [3.63, 3.8) is 0 Å². The summed E-state index contributed by atoms with van der Waals surface area (Å²) >= 11 is 3.71. The molecule has 0 spiro atoms. The van der Waals surface area contributed by atoms with E-state index in [1.54, 1.807) is 0 Å². The van der Waals surface area contributed by atoms with E-state index in [1.165, 1.54) is 22.0 Å². The van der Waals surface area contributed by atoms with E-state index in [0.717, 1.165) is 4.47 Å². The van der Waals surface area contributed by atoms with Gasteiger partial charge in [0, 0.05) is 28.7 Å². The van der Waals surface area contributed by atoms with Crippen LogP contribution in [-0.4, -0.2) is 4.57 Å². The molecule has 20 heavy (non-hydrogen) atoms. The fraction of sp³-hybridized carbons (Fsp3) is 0.412. The topological polar surface area (TPSA) is 14.2 Å². The molecule has 2 aliphatic heterocycles. The summed E-state index contributed by atoms with van der Waals surface area (Å²) < 4.78 is 9.80. The normalized spacial score (nSPS) is 27.6. The summed E-state index contributed by atoms with van der Waals surface area (Å²) in [7, 11) is 2.11. The molecule has 2 atom stereocenters. The van der Waals surface area contributed by atoms with Gasteiger partial charge in [0.1, 0.15) is 11.7 Å². The van der Waals surface area contributed by atoms with Crippen LogP contribution < -0.4 is 0 Å². The Balaban J connectivity index is 2.17. The van der Waals surface area contributed by atoms with Crippen molar-refractivity contribution in [2.75, 3.05) is 0 Å². The Kier molecular flexibility index (Phi) is 2.26. The van der Waals surface area contributed by atoms with Gasteiger partial charge in [-0.25, -0.2) is 0 Å². The number of nitrogens with zero attached hydrogens (tertiary/aromatic N) is 1. The van der Waals surface area contributed by atoms with Gasteiger partial charge in [-0.1, -0.05) is 42.8 Å². The SMILES string of the molecule is Cn1ccc2c(Br)cc3c(c21)C1(C(C)(C)C)C=CC3O1. The number of benzene rings is 1. The molecular formula is C17H18BrNO. The fourth-order valence-electron chi connectivity index (χ4n) is 3.68. The molecule has 1 aromatic heterocycles. The molecule has 0 N–H and O–H groups in total. The first kappa shape index (κ1) is 12.7. The van der Waals surface area contributed by atoms with E-state index in [1.807, 2.05) is 0 Å². The minimum atomic E-state index is -0.307. The quantitative estimate of drug-likeness (QED) is 0.631. The summed E-state index contributed by atoms with van der Waals surface area (Å²) in [6, 6.07) is 4.41. The van der Waals surface area contributed by atoms with Gasteiger partial charge in [0.25, 0.3) is 0 Å². The fourth-order valence-corrected chi connectivity index (χ4v) is 4.25. The van der Waals surface area contributed by atoms with Crippen molar-refractivity contribution in [1.29, 1.82) is 0 Å². The van der Waals surface area contributed by atoms with Gasteiger partial charge >= 0.3 is 0 Å². The van der Waals surface area contributed by atoms with Crippen LogP contribution in [0.15, 0.2) is 35.0 Å². The van der Waals surface area contributed by atoms with Crippen molar-refractivity contribution < 1.29 is 4.74 Å². The highest BCUT2D eigenvalue weighted by molar-refractivity contribution is 9.10. The first-order chi connectivity index (χ1) is 9.35. The predicted octanol–water partition coefficient (Wildman–Crippen LogP) is 4.82. The molecule has 0 amide bonds. The standard InChI is InChI=1S/C17H18BrNO/c1-16(2,3)17-7-5-13(20-17)11-9-12(18)10-6-8-19(4)15(10)14(11)17/h5-9,13H,1-4H3. The minimum Gasteiger partial charge on any atom is -0.353 e. The zero-order valence-electron chi connectivity index (χ0n) is 12.2. The Labute approximate surface area is 127 Å². The molecule has 4 rings (SSSR count). The average Bonchev–Trinajstić information content (AvgIpc) is 3.01. The first-order valence-electron chi connectivity index (χ1n) is 7.00. The monoisotopic (exact) mass is 331 g/mol. The lowest BCUT2D eigenvalue weighted by molar-refractivity contribution is -0.0747. The van der Waals surface area contributed by atoms with Crippen LogP contribution in [0.4, 0.5) is 0 Å². The zero-order chi connectivity index (χ0) is 14.3. The molecule has 2 bridgehead atoms. The van der Waals surface area contributed by atoms with Crippen LogP contribution in [-0.2, 0) is 17.4 Å². The number of hydrogen-bond acceptors (Lipinski definition) is 1. The van der Waals surface area contributed by atoms with E-state index in [-0.39, 0.29) is 17.1 Å². The van der Waals surface area contributed by atoms with Gasteiger partial charge in [-0.05, 0) is 29.2 Å². The van der Waals surface area contributed by atoms with Crippen LogP contribution in [0.3, 0.4) is 0 Å². The van der Waals surface area contributed by atoms with E-state index in [2.05, 4.69) is 78.8 Å². The minimum absolute atomic E-state index is 0.0224. The molecule has 0 saturated heterocycles. The predicted molar refractivity (Wildman–Crippen MR) is 84.7 cm³/mol. The maximum absolute atomic E-state index is 6.44. The summed E-state index contributed by atoms with van der Waals surface area (Å²) in [5.74, 6) is 0. The smallest absolute Gasteiger partial charge is 0.120 e. The number of halogens is 1. The van der Waals surface area contributed by atoms with Crippen LogP contribution in [0.5, 0.6) is 0 Å². The molecule has 3 heteroatoms. The van der Waals surface area contributed by atoms with E-state index in [0.29, 0.717) is 0 Å². The Morgan fingerprint density at radius 3 is 2.80 bits per heavy atom. The third-order valence-electron chi connectivity index (χ3n) is 4.75. The lowest BCUT2D eigenvalue weighted by Gasteiger charge is -2.38. The largest absolute Gasteiger partial charge is 0.353 e. The third kappa shape index (κ3) is 1.28. The first-order valence-corrected chi connectivity index (χ1v) is 7.79. The van der Waals surface area contributed by atoms with Crippen LogP contribution in [0.1, 0.15) is 38.0 Å². The second-order valence-electron chi connectivity index (χ2n) is 6.89. The molecule has 0 aliphatic carbocycles. The summed E-state index contributed by atoms with van der Waals surface area (Å²) in [5, 5.41) is 1.26. The zero-order valence-corrected chi connectivity index (χ0v) is 13.8. The number of ether oxygens (including phenoxy) is 1. The molecular weight excluding hydrogens is 314 g/mol. The summed E-state index contributed by atoms with van der Waals surface area (Å²) in [5.41, 5.74) is 3.66. The third-order valence-corrected chi connectivity index (χ3v) is 5.40. The molecule has 0 radical (unpaired) electrons. The number of hydrogen-bond donors (Lipinski definition) is 0. The molecule has 2 aromatic rings. The van der Waals surface area contributed by atoms with Gasteiger partial charge in [-0.15, -0.1) is 0 Å². The Morgan fingerprint density at radius 2 is 2.10 bits per heavy atom. The highest BCUT2D eigenvalue weighted by Gasteiger charge is 2.55. The van der Waals surface area contributed by atoms with Gasteiger partial charge < -0.3 is 9.30 Å². The summed E-state index contributed by atoms with van der Waals surface area (Å²) in [6.45, 7) is 6.77. The highest BCUT2D eigenvalue weighted by Crippen LogP contribution is 2.60. The maximum Gasteiger partial charge on any atom is 0.120 e. The van der Waals surface area contributed by atoms with Crippen molar-refractivity contribution in [3.8, 4) is 0 Å². The van der Waals surface area contributed by atoms with Gasteiger partial charge in [0.15, 0.2) is 0 Å². The van der Waals surface area contributed by atoms with E-state index in [4.69, 9.17) is 4.74 Å². The maximum atomic E-state index is 6.44. The van der Waals surface area contributed by atoms with Gasteiger partial charge in [0.2, 0.25) is 0 Å². The molecule has 1 aromatic carbocycles. The molecule has 2 aliphatic rings. The van der Waals surface area contributed by atoms with Crippen molar-refractivity contribution in [2.45, 2.75) is 32.5 Å². The van der Waals surface area contributed by atoms with Gasteiger partial charge in [-0.2, -0.15) is 0 Å². The Hall–Kier alpha value is -1.06. The average molecular weight is 332 g/mol. The number of rotatable bonds is 0. The molecule has 2 nitrogen and oxygen atoms in total. The van der Waals surface area contributed by atoms with Crippen molar-refractivity contribution in [2.24, 2.45) is 12.5 Å². The molecule has 0 fully saturated rings. The van der Waals surface area contributed by atoms with Crippen LogP contribution in [0.2, 0.25) is 0 Å². The van der Waals surface area contributed by atoms with E-state index < -0.39 is 0 Å². The van der Waals surface area contributed by atoms with Crippen molar-refractivity contribution in [3.05, 3.63) is 46.1 Å². The lowest BCUT2D eigenvalue weighted by atomic mass is 9.70. The number of aryl methyl sites for hydroxylation is 1. The Morgan fingerprint density at radius 1 is 1.35 bits per heavy atom. The summed E-state index contributed by atoms with van der Waals surface area (Å²) in [6.07, 6.45) is 6.69. The molecule has 0 saturated carbocycles. The number of aromatic nitrogens is 1. The van der Waals surface area contributed by atoms with Crippen molar-refractivity contribution in [1.82, 2.24) is 4.57 Å². The van der Waals surface area contributed by atoms with Gasteiger partial charge in [0.05, 0.1) is 5.52 Å². The van der Waals surface area contributed by atoms with E-state index in [9.17, 15) is 0 Å². The lowest BCUT2D eigenvalue weighted by Crippen LogP contribution is -2.37. The van der Waals surface area contributed by atoms with Crippen LogP contribution in [0, 0.1) is 5.41 Å². The second kappa shape index (κ2) is 3.58.